The third-order valence-electron chi connectivity index (χ3n) is 5.48. The Morgan fingerprint density at radius 3 is 2.09 bits per heavy atom. The quantitative estimate of drug-likeness (QED) is 0.621. The van der Waals surface area contributed by atoms with Crippen LogP contribution in [0.5, 0.6) is 0 Å². The first-order chi connectivity index (χ1) is 15.3. The zero-order valence-electron chi connectivity index (χ0n) is 18.4. The maximum Gasteiger partial charge on any atom is 0.407 e. The minimum Gasteiger partial charge on any atom is -0.480 e. The van der Waals surface area contributed by atoms with Crippen molar-refractivity contribution in [3.05, 3.63) is 59.7 Å². The molecule has 1 atom stereocenters. The van der Waals surface area contributed by atoms with Gasteiger partial charge in [0.05, 0.1) is 6.61 Å². The van der Waals surface area contributed by atoms with Gasteiger partial charge in [-0.2, -0.15) is 0 Å². The van der Waals surface area contributed by atoms with E-state index in [1.807, 2.05) is 48.5 Å². The highest BCUT2D eigenvalue weighted by Crippen LogP contribution is 2.44. The summed E-state index contributed by atoms with van der Waals surface area (Å²) in [5.74, 6) is -1.79. The molecule has 2 amide bonds. The van der Waals surface area contributed by atoms with E-state index in [1.54, 1.807) is 13.8 Å². The number of rotatable bonds is 9. The average molecular weight is 440 g/mol. The highest BCUT2D eigenvalue weighted by molar-refractivity contribution is 5.88. The molecule has 1 aliphatic carbocycles. The molecule has 2 N–H and O–H groups in total. The molecule has 0 bridgehead atoms. The van der Waals surface area contributed by atoms with Crippen LogP contribution in [0.1, 0.15) is 30.9 Å². The van der Waals surface area contributed by atoms with Crippen molar-refractivity contribution in [2.24, 2.45) is 0 Å². The fourth-order valence-corrected chi connectivity index (χ4v) is 3.98. The number of fused-ring (bicyclic) bond motifs is 3. The lowest BCUT2D eigenvalue weighted by Crippen LogP contribution is -2.54. The average Bonchev–Trinajstić information content (AvgIpc) is 3.09. The van der Waals surface area contributed by atoms with Gasteiger partial charge in [0.25, 0.3) is 0 Å². The van der Waals surface area contributed by atoms with Crippen molar-refractivity contribution >= 4 is 18.0 Å². The zero-order valence-corrected chi connectivity index (χ0v) is 18.4. The highest BCUT2D eigenvalue weighted by Gasteiger charge is 2.31. The predicted molar refractivity (Wildman–Crippen MR) is 118 cm³/mol. The van der Waals surface area contributed by atoms with Crippen LogP contribution in [-0.2, 0) is 19.1 Å². The number of nitrogens with zero attached hydrogens (tertiary/aromatic N) is 1. The summed E-state index contributed by atoms with van der Waals surface area (Å²) in [5, 5.41) is 11.6. The predicted octanol–water partition coefficient (Wildman–Crippen LogP) is 2.86. The smallest absolute Gasteiger partial charge is 0.407 e. The largest absolute Gasteiger partial charge is 0.480 e. The van der Waals surface area contributed by atoms with Crippen molar-refractivity contribution in [3.63, 3.8) is 0 Å². The van der Waals surface area contributed by atoms with Crippen molar-refractivity contribution in [1.82, 2.24) is 10.2 Å². The Morgan fingerprint density at radius 1 is 1.03 bits per heavy atom. The van der Waals surface area contributed by atoms with Gasteiger partial charge in [0.2, 0.25) is 5.91 Å². The van der Waals surface area contributed by atoms with Crippen LogP contribution in [0.3, 0.4) is 0 Å². The molecule has 0 spiro atoms. The number of carboxylic acid groups (broad SMARTS) is 1. The fourth-order valence-electron chi connectivity index (χ4n) is 3.98. The van der Waals surface area contributed by atoms with E-state index >= 15 is 0 Å². The van der Waals surface area contributed by atoms with Gasteiger partial charge >= 0.3 is 12.1 Å². The Morgan fingerprint density at radius 2 is 1.59 bits per heavy atom. The topological polar surface area (TPSA) is 105 Å². The summed E-state index contributed by atoms with van der Waals surface area (Å²) in [6, 6.07) is 14.6. The second-order valence-corrected chi connectivity index (χ2v) is 7.93. The SMILES string of the molecule is COC[C@H](NC(=O)OCC1c2ccccc2-c2ccccc21)C(=O)N(CC(=O)O)C(C)C. The summed E-state index contributed by atoms with van der Waals surface area (Å²) in [4.78, 5) is 37.7. The lowest BCUT2D eigenvalue weighted by Gasteiger charge is -2.29. The van der Waals surface area contributed by atoms with Crippen LogP contribution in [0.15, 0.2) is 48.5 Å². The van der Waals surface area contributed by atoms with Crippen LogP contribution in [0.4, 0.5) is 4.79 Å². The number of nitrogens with one attached hydrogen (secondary N) is 1. The molecule has 8 heteroatoms. The molecule has 0 fully saturated rings. The lowest BCUT2D eigenvalue weighted by molar-refractivity contribution is -0.147. The van der Waals surface area contributed by atoms with E-state index in [4.69, 9.17) is 14.6 Å². The molecule has 0 aliphatic heterocycles. The molecule has 0 saturated heterocycles. The first-order valence-electron chi connectivity index (χ1n) is 10.5. The Hall–Kier alpha value is -3.39. The summed E-state index contributed by atoms with van der Waals surface area (Å²) in [5.41, 5.74) is 4.40. The van der Waals surface area contributed by atoms with Crippen LogP contribution >= 0.6 is 0 Å². The number of carbonyl (C=O) groups excluding carboxylic acids is 2. The van der Waals surface area contributed by atoms with E-state index in [9.17, 15) is 14.4 Å². The number of carbonyl (C=O) groups is 3. The van der Waals surface area contributed by atoms with E-state index in [1.165, 1.54) is 12.0 Å². The molecule has 0 saturated carbocycles. The molecule has 32 heavy (non-hydrogen) atoms. The number of aliphatic carboxylic acids is 1. The zero-order chi connectivity index (χ0) is 23.3. The third-order valence-corrected chi connectivity index (χ3v) is 5.48. The van der Waals surface area contributed by atoms with E-state index < -0.39 is 30.6 Å². The standard InChI is InChI=1S/C24H28N2O6/c1-15(2)26(12-22(27)28)23(29)21(14-31-3)25-24(30)32-13-20-18-10-6-4-8-16(18)17-9-5-7-11-19(17)20/h4-11,15,20-21H,12-14H2,1-3H3,(H,25,30)(H,27,28)/t21-/m0/s1. The minimum absolute atomic E-state index is 0.105. The van der Waals surface area contributed by atoms with E-state index in [0.29, 0.717) is 0 Å². The van der Waals surface area contributed by atoms with Crippen LogP contribution < -0.4 is 5.32 Å². The minimum atomic E-state index is -1.13. The molecular weight excluding hydrogens is 412 g/mol. The van der Waals surface area contributed by atoms with Crippen molar-refractivity contribution in [2.45, 2.75) is 31.8 Å². The lowest BCUT2D eigenvalue weighted by atomic mass is 9.98. The van der Waals surface area contributed by atoms with Crippen LogP contribution in [0, 0.1) is 0 Å². The summed E-state index contributed by atoms with van der Waals surface area (Å²) < 4.78 is 10.6. The molecule has 0 aromatic heterocycles. The Bertz CT molecular complexity index is 944. The molecule has 1 aliphatic rings. The number of hydrogen-bond acceptors (Lipinski definition) is 5. The molecule has 0 radical (unpaired) electrons. The van der Waals surface area contributed by atoms with Gasteiger partial charge in [-0.25, -0.2) is 4.79 Å². The molecule has 8 nitrogen and oxygen atoms in total. The number of hydrogen-bond donors (Lipinski definition) is 2. The van der Waals surface area contributed by atoms with Crippen molar-refractivity contribution in [1.29, 1.82) is 0 Å². The maximum atomic E-state index is 12.8. The van der Waals surface area contributed by atoms with Gasteiger partial charge in [-0.1, -0.05) is 48.5 Å². The third kappa shape index (κ3) is 5.08. The van der Waals surface area contributed by atoms with Gasteiger partial charge in [-0.3, -0.25) is 9.59 Å². The van der Waals surface area contributed by atoms with E-state index in [0.717, 1.165) is 22.3 Å². The van der Waals surface area contributed by atoms with Gasteiger partial charge in [0, 0.05) is 19.1 Å². The summed E-state index contributed by atoms with van der Waals surface area (Å²) in [6.07, 6.45) is -0.763. The molecular formula is C24H28N2O6. The Kier molecular flexibility index (Phi) is 7.48. The summed E-state index contributed by atoms with van der Waals surface area (Å²) in [7, 11) is 1.40. The maximum absolute atomic E-state index is 12.8. The summed E-state index contributed by atoms with van der Waals surface area (Å²) >= 11 is 0. The molecule has 0 heterocycles. The number of methoxy groups -OCH3 is 1. The number of alkyl carbamates (subject to hydrolysis) is 1. The molecule has 3 rings (SSSR count). The number of ether oxygens (including phenoxy) is 2. The second kappa shape index (κ2) is 10.3. The number of amides is 2. The van der Waals surface area contributed by atoms with Crippen LogP contribution in [0.2, 0.25) is 0 Å². The Labute approximate surface area is 187 Å². The highest BCUT2D eigenvalue weighted by atomic mass is 16.5. The van der Waals surface area contributed by atoms with Gasteiger partial charge < -0.3 is 24.8 Å². The van der Waals surface area contributed by atoms with Crippen LogP contribution in [-0.4, -0.2) is 66.9 Å². The van der Waals surface area contributed by atoms with Gasteiger partial charge in [-0.05, 0) is 36.1 Å². The van der Waals surface area contributed by atoms with Crippen molar-refractivity contribution < 1.29 is 29.0 Å². The van der Waals surface area contributed by atoms with E-state index in [2.05, 4.69) is 5.32 Å². The monoisotopic (exact) mass is 440 g/mol. The number of carboxylic acids is 1. The number of benzene rings is 2. The Balaban J connectivity index is 1.69. The van der Waals surface area contributed by atoms with Crippen molar-refractivity contribution in [3.8, 4) is 11.1 Å². The van der Waals surface area contributed by atoms with Gasteiger partial charge in [0.1, 0.15) is 19.2 Å². The molecule has 2 aromatic rings. The van der Waals surface area contributed by atoms with Gasteiger partial charge in [-0.15, -0.1) is 0 Å². The fraction of sp³-hybridized carbons (Fsp3) is 0.375. The molecule has 0 unspecified atom stereocenters. The summed E-state index contributed by atoms with van der Waals surface area (Å²) in [6.45, 7) is 2.95. The van der Waals surface area contributed by atoms with E-state index in [-0.39, 0.29) is 25.2 Å². The normalized spacial score (nSPS) is 13.2. The molecule has 2 aromatic carbocycles. The first-order valence-corrected chi connectivity index (χ1v) is 10.5. The van der Waals surface area contributed by atoms with Crippen molar-refractivity contribution in [2.75, 3.05) is 26.9 Å². The first kappa shape index (κ1) is 23.3. The van der Waals surface area contributed by atoms with Gasteiger partial charge in [0.15, 0.2) is 0 Å². The molecule has 170 valence electrons. The van der Waals surface area contributed by atoms with Crippen LogP contribution in [0.25, 0.3) is 11.1 Å². The second-order valence-electron chi connectivity index (χ2n) is 7.93.